The van der Waals surface area contributed by atoms with Crippen LogP contribution in [0.5, 0.6) is 0 Å². The van der Waals surface area contributed by atoms with Crippen LogP contribution >= 0.6 is 0 Å². The monoisotopic (exact) mass is 326 g/mol. The highest BCUT2D eigenvalue weighted by atomic mass is 16.7. The number of hydrogen-bond acceptors (Lipinski definition) is 5. The summed E-state index contributed by atoms with van der Waals surface area (Å²) >= 11 is 0. The van der Waals surface area contributed by atoms with Crippen molar-refractivity contribution in [2.24, 2.45) is 5.92 Å². The number of nitriles is 2. The Morgan fingerprint density at radius 1 is 1.25 bits per heavy atom. The van der Waals surface area contributed by atoms with Crippen LogP contribution in [0.3, 0.4) is 0 Å². The SMILES string of the molecule is Cc1nn([C@]2(CC#N)C[C@@H](C#N)C2)cc1B1OC(C)(C)C(C)(C)O1. The molecule has 0 N–H and O–H groups in total. The van der Waals surface area contributed by atoms with E-state index in [1.165, 1.54) is 0 Å². The van der Waals surface area contributed by atoms with E-state index >= 15 is 0 Å². The molecule has 7 heteroatoms. The second kappa shape index (κ2) is 5.34. The molecule has 2 aliphatic rings. The predicted octanol–water partition coefficient (Wildman–Crippen LogP) is 2.03. The first-order valence-electron chi connectivity index (χ1n) is 8.33. The van der Waals surface area contributed by atoms with Gasteiger partial charge in [-0.15, -0.1) is 0 Å². The molecule has 2 fully saturated rings. The van der Waals surface area contributed by atoms with Gasteiger partial charge in [0.1, 0.15) is 0 Å². The molecule has 1 aliphatic heterocycles. The highest BCUT2D eigenvalue weighted by Gasteiger charge is 2.53. The third-order valence-electron chi connectivity index (χ3n) is 5.77. The van der Waals surface area contributed by atoms with Gasteiger partial charge in [0.05, 0.1) is 46.9 Å². The Morgan fingerprint density at radius 3 is 2.33 bits per heavy atom. The fourth-order valence-corrected chi connectivity index (χ4v) is 3.43. The van der Waals surface area contributed by atoms with Crippen molar-refractivity contribution in [3.63, 3.8) is 0 Å². The van der Waals surface area contributed by atoms with E-state index in [0.717, 1.165) is 11.2 Å². The quantitative estimate of drug-likeness (QED) is 0.794. The summed E-state index contributed by atoms with van der Waals surface area (Å²) in [6.45, 7) is 10.0. The van der Waals surface area contributed by atoms with Gasteiger partial charge in [0.2, 0.25) is 0 Å². The highest BCUT2D eigenvalue weighted by molar-refractivity contribution is 6.62. The summed E-state index contributed by atoms with van der Waals surface area (Å²) in [5, 5.41) is 22.9. The van der Waals surface area contributed by atoms with Crippen molar-refractivity contribution in [1.82, 2.24) is 9.78 Å². The molecule has 1 aliphatic carbocycles. The number of aromatic nitrogens is 2. The van der Waals surface area contributed by atoms with Crippen LogP contribution in [0.1, 0.15) is 52.7 Å². The molecule has 1 aromatic heterocycles. The molecule has 0 spiro atoms. The first-order valence-corrected chi connectivity index (χ1v) is 8.33. The average Bonchev–Trinajstić information content (AvgIpc) is 2.92. The van der Waals surface area contributed by atoms with Gasteiger partial charge >= 0.3 is 7.12 Å². The summed E-state index contributed by atoms with van der Waals surface area (Å²) in [5.74, 6) is 0.00292. The molecule has 0 bridgehead atoms. The maximum Gasteiger partial charge on any atom is 0.498 e. The van der Waals surface area contributed by atoms with Gasteiger partial charge in [-0.2, -0.15) is 15.6 Å². The van der Waals surface area contributed by atoms with Crippen molar-refractivity contribution in [3.05, 3.63) is 11.9 Å². The fraction of sp³-hybridized carbons (Fsp3) is 0.706. The van der Waals surface area contributed by atoms with E-state index in [1.54, 1.807) is 0 Å². The largest absolute Gasteiger partial charge is 0.498 e. The molecular formula is C17H23BN4O2. The maximum atomic E-state index is 9.19. The van der Waals surface area contributed by atoms with Crippen molar-refractivity contribution in [2.45, 2.75) is 70.6 Å². The van der Waals surface area contributed by atoms with Gasteiger partial charge in [-0.3, -0.25) is 4.68 Å². The van der Waals surface area contributed by atoms with Gasteiger partial charge in [-0.05, 0) is 47.5 Å². The lowest BCUT2D eigenvalue weighted by Crippen LogP contribution is -2.46. The number of hydrogen-bond donors (Lipinski definition) is 0. The van der Waals surface area contributed by atoms with E-state index in [1.807, 2.05) is 45.5 Å². The molecule has 1 aromatic rings. The Bertz CT molecular complexity index is 719. The fourth-order valence-electron chi connectivity index (χ4n) is 3.43. The molecule has 6 nitrogen and oxygen atoms in total. The summed E-state index contributed by atoms with van der Waals surface area (Å²) < 4.78 is 14.1. The maximum absolute atomic E-state index is 9.19. The van der Waals surface area contributed by atoms with Crippen molar-refractivity contribution in [1.29, 1.82) is 10.5 Å². The molecule has 126 valence electrons. The van der Waals surface area contributed by atoms with E-state index in [4.69, 9.17) is 14.6 Å². The van der Waals surface area contributed by atoms with Gasteiger partial charge in [0, 0.05) is 11.7 Å². The number of nitrogens with zero attached hydrogens (tertiary/aromatic N) is 4. The number of rotatable bonds is 3. The van der Waals surface area contributed by atoms with Crippen LogP contribution in [-0.2, 0) is 14.8 Å². The first-order chi connectivity index (χ1) is 11.1. The van der Waals surface area contributed by atoms with Crippen LogP contribution in [0.2, 0.25) is 0 Å². The molecule has 1 saturated heterocycles. The molecule has 0 aromatic carbocycles. The predicted molar refractivity (Wildman–Crippen MR) is 89.2 cm³/mol. The molecule has 1 saturated carbocycles. The van der Waals surface area contributed by atoms with Crippen molar-refractivity contribution < 1.29 is 9.31 Å². The Hall–Kier alpha value is -1.83. The lowest BCUT2D eigenvalue weighted by Gasteiger charge is -2.43. The first kappa shape index (κ1) is 17.0. The van der Waals surface area contributed by atoms with E-state index in [9.17, 15) is 5.26 Å². The zero-order valence-corrected chi connectivity index (χ0v) is 15.0. The molecule has 3 rings (SSSR count). The average molecular weight is 326 g/mol. The summed E-state index contributed by atoms with van der Waals surface area (Å²) in [7, 11) is -0.463. The Balaban J connectivity index is 1.89. The summed E-state index contributed by atoms with van der Waals surface area (Å²) in [6, 6.07) is 4.53. The molecule has 2 heterocycles. The summed E-state index contributed by atoms with van der Waals surface area (Å²) in [5.41, 5.74) is 0.553. The van der Waals surface area contributed by atoms with Crippen LogP contribution < -0.4 is 5.46 Å². The van der Waals surface area contributed by atoms with Crippen LogP contribution in [0, 0.1) is 35.5 Å². The van der Waals surface area contributed by atoms with E-state index < -0.39 is 18.3 Å². The highest BCUT2D eigenvalue weighted by Crippen LogP contribution is 2.45. The molecule has 0 unspecified atom stereocenters. The second-order valence-electron chi connectivity index (χ2n) is 8.00. The van der Waals surface area contributed by atoms with Gasteiger partial charge in [0.15, 0.2) is 0 Å². The summed E-state index contributed by atoms with van der Waals surface area (Å²) in [4.78, 5) is 0. The van der Waals surface area contributed by atoms with Gasteiger partial charge in [-0.1, -0.05) is 0 Å². The molecule has 0 amide bonds. The zero-order chi connectivity index (χ0) is 17.8. The Labute approximate surface area is 143 Å². The smallest absolute Gasteiger partial charge is 0.399 e. The topological polar surface area (TPSA) is 83.9 Å². The van der Waals surface area contributed by atoms with Gasteiger partial charge in [0.25, 0.3) is 0 Å². The standard InChI is InChI=1S/C17H23BN4O2/c1-12-14(18-23-15(2,3)16(4,5)24-18)11-22(21-12)17(6-7-19)8-13(9-17)10-20/h11,13H,6,8-9H2,1-5H3/t13-,17-. The van der Waals surface area contributed by atoms with Crippen molar-refractivity contribution in [3.8, 4) is 12.1 Å². The minimum Gasteiger partial charge on any atom is -0.399 e. The summed E-state index contributed by atoms with van der Waals surface area (Å²) in [6.07, 6.45) is 3.62. The van der Waals surface area contributed by atoms with E-state index in [-0.39, 0.29) is 11.5 Å². The molecule has 24 heavy (non-hydrogen) atoms. The Kier molecular flexibility index (Phi) is 3.79. The van der Waals surface area contributed by atoms with Crippen LogP contribution in [0.4, 0.5) is 0 Å². The molecule has 0 atom stereocenters. The third-order valence-corrected chi connectivity index (χ3v) is 5.77. The van der Waals surface area contributed by atoms with Crippen LogP contribution in [0.25, 0.3) is 0 Å². The van der Waals surface area contributed by atoms with Crippen molar-refractivity contribution in [2.75, 3.05) is 0 Å². The minimum atomic E-state index is -0.463. The van der Waals surface area contributed by atoms with Crippen molar-refractivity contribution >= 4 is 12.6 Å². The number of aryl methyl sites for hydroxylation is 1. The van der Waals surface area contributed by atoms with Crippen LogP contribution in [-0.4, -0.2) is 28.1 Å². The minimum absolute atomic E-state index is 0.00292. The Morgan fingerprint density at radius 2 is 1.83 bits per heavy atom. The van der Waals surface area contributed by atoms with E-state index in [2.05, 4.69) is 17.2 Å². The van der Waals surface area contributed by atoms with Crippen LogP contribution in [0.15, 0.2) is 6.20 Å². The normalized spacial score (nSPS) is 30.5. The third kappa shape index (κ3) is 2.44. The lowest BCUT2D eigenvalue weighted by molar-refractivity contribution is 0.00578. The zero-order valence-electron chi connectivity index (χ0n) is 15.0. The molecule has 0 radical (unpaired) electrons. The van der Waals surface area contributed by atoms with E-state index in [0.29, 0.717) is 19.3 Å². The van der Waals surface area contributed by atoms with Gasteiger partial charge in [-0.25, -0.2) is 0 Å². The second-order valence-corrected chi connectivity index (χ2v) is 8.00. The lowest BCUT2D eigenvalue weighted by atomic mass is 9.67. The molecular weight excluding hydrogens is 303 g/mol. The van der Waals surface area contributed by atoms with Gasteiger partial charge < -0.3 is 9.31 Å².